The van der Waals surface area contributed by atoms with Crippen molar-refractivity contribution >= 4 is 18.2 Å². The molecule has 3 nitrogen and oxygen atoms in total. The third-order valence-corrected chi connectivity index (χ3v) is 4.24. The van der Waals surface area contributed by atoms with Gasteiger partial charge < -0.3 is 10.9 Å². The summed E-state index contributed by atoms with van der Waals surface area (Å²) < 4.78 is 0. The summed E-state index contributed by atoms with van der Waals surface area (Å²) >= 11 is 0. The maximum absolute atomic E-state index is 8.78. The summed E-state index contributed by atoms with van der Waals surface area (Å²) in [6.45, 7) is 0. The van der Waals surface area contributed by atoms with Crippen LogP contribution in [0.2, 0.25) is 0 Å². The second-order valence-electron chi connectivity index (χ2n) is 5.17. The number of amidine groups is 1. The van der Waals surface area contributed by atoms with Gasteiger partial charge in [-0.1, -0.05) is 28.5 Å². The highest BCUT2D eigenvalue weighted by atomic mass is 35.5. The van der Waals surface area contributed by atoms with Crippen LogP contribution >= 0.6 is 12.4 Å². The highest BCUT2D eigenvalue weighted by Crippen LogP contribution is 2.45. The van der Waals surface area contributed by atoms with Gasteiger partial charge in [-0.05, 0) is 49.7 Å². The van der Waals surface area contributed by atoms with Crippen molar-refractivity contribution in [2.45, 2.75) is 38.5 Å². The predicted octanol–water partition coefficient (Wildman–Crippen LogP) is 3.30. The highest BCUT2D eigenvalue weighted by Gasteiger charge is 2.31. The number of allylic oxidation sites excluding steroid dienone is 6. The molecule has 0 radical (unpaired) electrons. The number of rotatable bonds is 1. The fraction of sp³-hybridized carbons (Fsp3) is 0.500. The summed E-state index contributed by atoms with van der Waals surface area (Å²) in [6, 6.07) is 0. The lowest BCUT2D eigenvalue weighted by molar-refractivity contribution is 0.314. The van der Waals surface area contributed by atoms with Gasteiger partial charge in [0.2, 0.25) is 0 Å². The first-order valence-electron chi connectivity index (χ1n) is 6.37. The van der Waals surface area contributed by atoms with Gasteiger partial charge in [0, 0.05) is 5.92 Å². The van der Waals surface area contributed by atoms with Crippen molar-refractivity contribution in [3.05, 3.63) is 34.4 Å². The average molecular weight is 267 g/mol. The molecule has 4 heteroatoms. The molecule has 98 valence electrons. The van der Waals surface area contributed by atoms with Crippen molar-refractivity contribution in [2.24, 2.45) is 16.8 Å². The van der Waals surface area contributed by atoms with Crippen LogP contribution in [0.15, 0.2) is 39.6 Å². The summed E-state index contributed by atoms with van der Waals surface area (Å²) in [5, 5.41) is 11.9. The summed E-state index contributed by atoms with van der Waals surface area (Å²) in [7, 11) is 0. The van der Waals surface area contributed by atoms with Crippen molar-refractivity contribution in [3.8, 4) is 0 Å². The van der Waals surface area contributed by atoms with E-state index in [9.17, 15) is 0 Å². The fourth-order valence-corrected chi connectivity index (χ4v) is 3.31. The molecule has 1 unspecified atom stereocenters. The van der Waals surface area contributed by atoms with Crippen LogP contribution in [0.5, 0.6) is 0 Å². The topological polar surface area (TPSA) is 58.6 Å². The molecule has 3 rings (SSSR count). The molecule has 0 fully saturated rings. The zero-order valence-corrected chi connectivity index (χ0v) is 11.2. The number of fused-ring (bicyclic) bond motifs is 1. The Morgan fingerprint density at radius 1 is 1.22 bits per heavy atom. The van der Waals surface area contributed by atoms with Crippen LogP contribution in [0.25, 0.3) is 0 Å². The van der Waals surface area contributed by atoms with E-state index in [0.717, 1.165) is 12.8 Å². The monoisotopic (exact) mass is 266 g/mol. The van der Waals surface area contributed by atoms with Gasteiger partial charge in [-0.3, -0.25) is 0 Å². The van der Waals surface area contributed by atoms with Crippen molar-refractivity contribution in [1.82, 2.24) is 0 Å². The summed E-state index contributed by atoms with van der Waals surface area (Å²) in [5.41, 5.74) is 11.8. The first-order valence-corrected chi connectivity index (χ1v) is 6.37. The molecular weight excluding hydrogens is 248 g/mol. The molecule has 18 heavy (non-hydrogen) atoms. The molecule has 0 saturated heterocycles. The number of nitrogens with two attached hydrogens (primary N) is 1. The molecule has 0 aromatic carbocycles. The molecule has 1 atom stereocenters. The number of nitrogens with zero attached hydrogens (tertiary/aromatic N) is 1. The zero-order valence-electron chi connectivity index (χ0n) is 10.4. The Labute approximate surface area is 114 Å². The van der Waals surface area contributed by atoms with Crippen molar-refractivity contribution in [1.29, 1.82) is 0 Å². The maximum Gasteiger partial charge on any atom is 0.142 e. The lowest BCUT2D eigenvalue weighted by Gasteiger charge is -2.23. The van der Waals surface area contributed by atoms with Gasteiger partial charge in [0.15, 0.2) is 0 Å². The lowest BCUT2D eigenvalue weighted by Crippen LogP contribution is -2.21. The second-order valence-corrected chi connectivity index (χ2v) is 5.17. The summed E-state index contributed by atoms with van der Waals surface area (Å²) in [4.78, 5) is 0. The van der Waals surface area contributed by atoms with E-state index in [1.165, 1.54) is 42.4 Å². The molecule has 0 heterocycles. The molecule has 0 aromatic rings. The molecular formula is C14H19ClN2O. The normalized spacial score (nSPS) is 26.9. The van der Waals surface area contributed by atoms with E-state index >= 15 is 0 Å². The van der Waals surface area contributed by atoms with Crippen LogP contribution < -0.4 is 5.73 Å². The van der Waals surface area contributed by atoms with Gasteiger partial charge in [-0.15, -0.1) is 12.4 Å². The Balaban J connectivity index is 0.00000120. The van der Waals surface area contributed by atoms with Gasteiger partial charge in [-0.25, -0.2) is 0 Å². The Morgan fingerprint density at radius 3 is 2.78 bits per heavy atom. The van der Waals surface area contributed by atoms with Crippen molar-refractivity contribution < 1.29 is 5.21 Å². The minimum absolute atomic E-state index is 0. The molecule has 0 spiro atoms. The van der Waals surface area contributed by atoms with E-state index in [4.69, 9.17) is 10.9 Å². The largest absolute Gasteiger partial charge is 0.409 e. The minimum Gasteiger partial charge on any atom is -0.409 e. The van der Waals surface area contributed by atoms with Crippen molar-refractivity contribution in [2.75, 3.05) is 0 Å². The van der Waals surface area contributed by atoms with Gasteiger partial charge in [0.25, 0.3) is 0 Å². The Morgan fingerprint density at radius 2 is 2.00 bits per heavy atom. The molecule has 3 aliphatic rings. The highest BCUT2D eigenvalue weighted by molar-refractivity contribution is 5.85. The van der Waals surface area contributed by atoms with Gasteiger partial charge in [0.1, 0.15) is 5.84 Å². The Kier molecular flexibility index (Phi) is 3.81. The second kappa shape index (κ2) is 5.19. The third kappa shape index (κ3) is 2.07. The molecule has 3 aliphatic carbocycles. The van der Waals surface area contributed by atoms with Gasteiger partial charge in [-0.2, -0.15) is 0 Å². The lowest BCUT2D eigenvalue weighted by atomic mass is 9.82. The van der Waals surface area contributed by atoms with E-state index in [0.29, 0.717) is 5.84 Å². The maximum atomic E-state index is 8.78. The van der Waals surface area contributed by atoms with Crippen LogP contribution in [0.4, 0.5) is 0 Å². The Bertz CT molecular complexity index is 474. The number of oxime groups is 1. The third-order valence-electron chi connectivity index (χ3n) is 4.24. The zero-order chi connectivity index (χ0) is 11.8. The van der Waals surface area contributed by atoms with E-state index in [1.54, 1.807) is 5.57 Å². The predicted molar refractivity (Wildman–Crippen MR) is 75.0 cm³/mol. The number of hydrogen-bond acceptors (Lipinski definition) is 2. The first kappa shape index (κ1) is 13.2. The quantitative estimate of drug-likeness (QED) is 0.331. The standard InChI is InChI=1S/C14H18N2O.ClH/c15-14(16-17)11-7-10-6-5-9-3-1-2-4-12(9)13(10)8-11;/h2,4,11,17H,1,3,5-8H2,(H2,15,16);1H. The van der Waals surface area contributed by atoms with Crippen LogP contribution in [-0.4, -0.2) is 11.0 Å². The van der Waals surface area contributed by atoms with Gasteiger partial charge in [0.05, 0.1) is 0 Å². The Hall–Kier alpha value is -1.22. The van der Waals surface area contributed by atoms with Crippen LogP contribution in [0.3, 0.4) is 0 Å². The molecule has 0 saturated carbocycles. The van der Waals surface area contributed by atoms with Crippen molar-refractivity contribution in [3.63, 3.8) is 0 Å². The van der Waals surface area contributed by atoms with E-state index in [1.807, 2.05) is 0 Å². The van der Waals surface area contributed by atoms with E-state index in [-0.39, 0.29) is 18.3 Å². The molecule has 3 N–H and O–H groups in total. The minimum atomic E-state index is 0. The first-order chi connectivity index (χ1) is 8.29. The van der Waals surface area contributed by atoms with E-state index < -0.39 is 0 Å². The smallest absolute Gasteiger partial charge is 0.142 e. The van der Waals surface area contributed by atoms with E-state index in [2.05, 4.69) is 17.3 Å². The fourth-order valence-electron chi connectivity index (χ4n) is 3.31. The number of hydrogen-bond donors (Lipinski definition) is 2. The van der Waals surface area contributed by atoms with Crippen LogP contribution in [0.1, 0.15) is 38.5 Å². The summed E-state index contributed by atoms with van der Waals surface area (Å²) in [5.74, 6) is 0.605. The van der Waals surface area contributed by atoms with Crippen LogP contribution in [0, 0.1) is 5.92 Å². The average Bonchev–Trinajstić information content (AvgIpc) is 2.82. The van der Waals surface area contributed by atoms with Crippen LogP contribution in [-0.2, 0) is 0 Å². The number of halogens is 1. The molecule has 0 amide bonds. The van der Waals surface area contributed by atoms with Gasteiger partial charge >= 0.3 is 0 Å². The molecule has 0 aliphatic heterocycles. The molecule has 0 bridgehead atoms. The SMILES string of the molecule is Cl.NC(=NO)C1CC2=C(C1)C1=C(CCC=C1)CC2. The molecule has 0 aromatic heterocycles. The summed E-state index contributed by atoms with van der Waals surface area (Å²) in [6.07, 6.45) is 11.3.